The molecule has 8 heteroatoms. The summed E-state index contributed by atoms with van der Waals surface area (Å²) in [5.41, 5.74) is 2.55. The van der Waals surface area contributed by atoms with Gasteiger partial charge in [-0.25, -0.2) is 0 Å². The van der Waals surface area contributed by atoms with Crippen molar-refractivity contribution in [3.8, 4) is 0 Å². The van der Waals surface area contributed by atoms with Crippen LogP contribution in [0.5, 0.6) is 0 Å². The van der Waals surface area contributed by atoms with Gasteiger partial charge in [-0.2, -0.15) is 0 Å². The number of aliphatic imine (C=N–C) groups is 1. The smallest absolute Gasteiger partial charge is 0.251 e. The second-order valence-electron chi connectivity index (χ2n) is 8.93. The number of ether oxygens (including phenoxy) is 1. The maximum atomic E-state index is 13.7. The minimum Gasteiger partial charge on any atom is -0.366 e. The molecule has 2 amide bonds. The van der Waals surface area contributed by atoms with Crippen molar-refractivity contribution in [1.29, 1.82) is 0 Å². The van der Waals surface area contributed by atoms with Crippen molar-refractivity contribution >= 4 is 35.4 Å². The van der Waals surface area contributed by atoms with E-state index in [1.807, 2.05) is 12.1 Å². The van der Waals surface area contributed by atoms with Crippen molar-refractivity contribution in [2.45, 2.75) is 62.2 Å². The summed E-state index contributed by atoms with van der Waals surface area (Å²) in [5, 5.41) is 2.60. The number of carbonyl (C=O) groups is 3. The largest absolute Gasteiger partial charge is 0.366 e. The number of rotatable bonds is 4. The third-order valence-electron chi connectivity index (χ3n) is 6.98. The minimum absolute atomic E-state index is 0.0139. The highest BCUT2D eigenvalue weighted by atomic mass is 35.5. The predicted octanol–water partition coefficient (Wildman–Crippen LogP) is 2.08. The van der Waals surface area contributed by atoms with E-state index >= 15 is 0 Å². The van der Waals surface area contributed by atoms with E-state index in [0.717, 1.165) is 43.2 Å². The third-order valence-corrected chi connectivity index (χ3v) is 7.36. The number of amides is 2. The molecule has 1 aromatic rings. The zero-order chi connectivity index (χ0) is 21.5. The molecule has 4 aliphatic rings. The molecule has 7 nitrogen and oxygen atoms in total. The van der Waals surface area contributed by atoms with Gasteiger partial charge in [0.15, 0.2) is 5.78 Å². The van der Waals surface area contributed by atoms with Gasteiger partial charge in [0, 0.05) is 18.3 Å². The maximum absolute atomic E-state index is 13.7. The van der Waals surface area contributed by atoms with Crippen LogP contribution in [0.25, 0.3) is 0 Å². The Bertz CT molecular complexity index is 943. The molecule has 0 bridgehead atoms. The standard InChI is InChI=1S/C23H26ClN3O4/c24-17-11-27(20-18(28)12-31-21(17)20)23(30)19(13-4-2-1-3-5-13)26-22(29)14-6-7-15-9-25-10-16(15)8-14/h6-9,13,17,19-21H,1-5,10-12H2,(H,26,29)/t17-,19-,20+,21+/m0/s1. The molecule has 0 unspecified atom stereocenters. The number of nitrogens with one attached hydrogen (secondary N) is 1. The van der Waals surface area contributed by atoms with Crippen LogP contribution in [0.1, 0.15) is 53.6 Å². The Morgan fingerprint density at radius 1 is 1.23 bits per heavy atom. The van der Waals surface area contributed by atoms with Gasteiger partial charge in [-0.3, -0.25) is 19.4 Å². The number of hydrogen-bond acceptors (Lipinski definition) is 5. The molecule has 164 valence electrons. The lowest BCUT2D eigenvalue weighted by molar-refractivity contribution is -0.139. The van der Waals surface area contributed by atoms with Gasteiger partial charge in [0.05, 0.1) is 11.9 Å². The highest BCUT2D eigenvalue weighted by molar-refractivity contribution is 6.22. The van der Waals surface area contributed by atoms with Crippen molar-refractivity contribution in [3.63, 3.8) is 0 Å². The van der Waals surface area contributed by atoms with Gasteiger partial charge in [-0.05, 0) is 42.0 Å². The molecular weight excluding hydrogens is 418 g/mol. The van der Waals surface area contributed by atoms with E-state index < -0.39 is 23.6 Å². The molecule has 31 heavy (non-hydrogen) atoms. The summed E-state index contributed by atoms with van der Waals surface area (Å²) in [6, 6.07) is 4.18. The average molecular weight is 444 g/mol. The van der Waals surface area contributed by atoms with Crippen molar-refractivity contribution in [1.82, 2.24) is 10.2 Å². The van der Waals surface area contributed by atoms with Gasteiger partial charge in [0.2, 0.25) is 5.91 Å². The molecule has 0 radical (unpaired) electrons. The fourth-order valence-electron chi connectivity index (χ4n) is 5.33. The number of alkyl halides is 1. The van der Waals surface area contributed by atoms with Crippen LogP contribution in [0.2, 0.25) is 0 Å². The highest BCUT2D eigenvalue weighted by Crippen LogP contribution is 2.34. The zero-order valence-corrected chi connectivity index (χ0v) is 18.0. The molecule has 1 saturated carbocycles. The molecule has 2 saturated heterocycles. The number of fused-ring (bicyclic) bond motifs is 2. The molecule has 4 atom stereocenters. The summed E-state index contributed by atoms with van der Waals surface area (Å²) in [5.74, 6) is -0.561. The SMILES string of the molecule is O=C(N[C@H](C(=O)N1C[C@H](Cl)[C@H]2OCC(=O)[C@H]21)C1CCCCC1)c1ccc2c(c1)CN=C2. The number of carbonyl (C=O) groups excluding carboxylic acids is 3. The van der Waals surface area contributed by atoms with E-state index in [1.165, 1.54) is 0 Å². The van der Waals surface area contributed by atoms with Crippen LogP contribution in [0.3, 0.4) is 0 Å². The fourth-order valence-corrected chi connectivity index (χ4v) is 5.69. The maximum Gasteiger partial charge on any atom is 0.251 e. The first-order valence-corrected chi connectivity index (χ1v) is 11.5. The summed E-state index contributed by atoms with van der Waals surface area (Å²) >= 11 is 6.39. The second-order valence-corrected chi connectivity index (χ2v) is 9.49. The fraction of sp³-hybridized carbons (Fsp3) is 0.565. The van der Waals surface area contributed by atoms with Gasteiger partial charge in [0.1, 0.15) is 24.8 Å². The van der Waals surface area contributed by atoms with E-state index in [9.17, 15) is 14.4 Å². The van der Waals surface area contributed by atoms with E-state index in [1.54, 1.807) is 17.2 Å². The zero-order valence-electron chi connectivity index (χ0n) is 17.3. The van der Waals surface area contributed by atoms with Crippen LogP contribution in [0.4, 0.5) is 0 Å². The molecule has 1 N–H and O–H groups in total. The van der Waals surface area contributed by atoms with Gasteiger partial charge >= 0.3 is 0 Å². The third kappa shape index (κ3) is 3.78. The van der Waals surface area contributed by atoms with Gasteiger partial charge < -0.3 is 15.0 Å². The first kappa shape index (κ1) is 20.6. The van der Waals surface area contributed by atoms with Crippen LogP contribution < -0.4 is 5.32 Å². The number of nitrogens with zero attached hydrogens (tertiary/aromatic N) is 2. The van der Waals surface area contributed by atoms with E-state index in [4.69, 9.17) is 16.3 Å². The van der Waals surface area contributed by atoms with Crippen LogP contribution in [-0.2, 0) is 20.9 Å². The number of ketones is 1. The van der Waals surface area contributed by atoms with Crippen LogP contribution >= 0.6 is 11.6 Å². The van der Waals surface area contributed by atoms with Gasteiger partial charge in [-0.15, -0.1) is 11.6 Å². The quantitative estimate of drug-likeness (QED) is 0.722. The number of likely N-dealkylation sites (tertiary alicyclic amines) is 1. The Balaban J connectivity index is 1.38. The lowest BCUT2D eigenvalue weighted by atomic mass is 9.83. The van der Waals surface area contributed by atoms with E-state index in [-0.39, 0.29) is 36.7 Å². The second kappa shape index (κ2) is 8.36. The molecule has 0 aromatic heterocycles. The van der Waals surface area contributed by atoms with Crippen LogP contribution in [0.15, 0.2) is 23.2 Å². The van der Waals surface area contributed by atoms with Crippen molar-refractivity contribution in [2.75, 3.05) is 13.2 Å². The highest BCUT2D eigenvalue weighted by Gasteiger charge is 2.53. The first-order valence-electron chi connectivity index (χ1n) is 11.1. The number of hydrogen-bond donors (Lipinski definition) is 1. The number of benzene rings is 1. The van der Waals surface area contributed by atoms with Crippen LogP contribution in [-0.4, -0.2) is 65.4 Å². The summed E-state index contributed by atoms with van der Waals surface area (Å²) in [7, 11) is 0. The lowest BCUT2D eigenvalue weighted by Gasteiger charge is -2.34. The Hall–Kier alpha value is -2.25. The lowest BCUT2D eigenvalue weighted by Crippen LogP contribution is -2.55. The minimum atomic E-state index is -0.673. The monoisotopic (exact) mass is 443 g/mol. The topological polar surface area (TPSA) is 88.1 Å². The van der Waals surface area contributed by atoms with Gasteiger partial charge in [0.25, 0.3) is 5.91 Å². The Labute approximate surface area is 186 Å². The first-order chi connectivity index (χ1) is 15.0. The van der Waals surface area contributed by atoms with Crippen molar-refractivity contribution in [2.24, 2.45) is 10.9 Å². The average Bonchev–Trinajstić information content (AvgIpc) is 3.49. The Morgan fingerprint density at radius 2 is 2.03 bits per heavy atom. The molecule has 3 aliphatic heterocycles. The summed E-state index contributed by atoms with van der Waals surface area (Å²) in [6.07, 6.45) is 6.31. The number of halogens is 1. The van der Waals surface area contributed by atoms with Crippen LogP contribution in [0, 0.1) is 5.92 Å². The predicted molar refractivity (Wildman–Crippen MR) is 115 cm³/mol. The molecule has 3 fully saturated rings. The van der Waals surface area contributed by atoms with E-state index in [2.05, 4.69) is 10.3 Å². The van der Waals surface area contributed by atoms with Crippen molar-refractivity contribution in [3.05, 3.63) is 34.9 Å². The van der Waals surface area contributed by atoms with Gasteiger partial charge in [-0.1, -0.05) is 25.3 Å². The summed E-state index contributed by atoms with van der Waals surface area (Å²) in [6.45, 7) is 0.814. The van der Waals surface area contributed by atoms with Crippen molar-refractivity contribution < 1.29 is 19.1 Å². The summed E-state index contributed by atoms with van der Waals surface area (Å²) in [4.78, 5) is 45.0. The normalized spacial score (nSPS) is 28.5. The molecule has 0 spiro atoms. The summed E-state index contributed by atoms with van der Waals surface area (Å²) < 4.78 is 5.53. The Morgan fingerprint density at radius 3 is 2.84 bits per heavy atom. The number of Topliss-reactive ketones (excluding diaryl/α,β-unsaturated/α-hetero) is 1. The molecule has 1 aromatic carbocycles. The molecule has 3 heterocycles. The Kier molecular flexibility index (Phi) is 5.56. The van der Waals surface area contributed by atoms with E-state index in [0.29, 0.717) is 12.1 Å². The molecular formula is C23H26ClN3O4. The molecule has 1 aliphatic carbocycles. The molecule has 5 rings (SSSR count).